The van der Waals surface area contributed by atoms with Gasteiger partial charge in [0.1, 0.15) is 5.75 Å². The molecule has 0 aliphatic rings. The van der Waals surface area contributed by atoms with E-state index in [0.29, 0.717) is 22.7 Å². The molecule has 0 radical (unpaired) electrons. The van der Waals surface area contributed by atoms with Crippen LogP contribution in [0.1, 0.15) is 15.2 Å². The predicted octanol–water partition coefficient (Wildman–Crippen LogP) is 3.67. The highest BCUT2D eigenvalue weighted by atomic mass is 32.1. The van der Waals surface area contributed by atoms with Crippen molar-refractivity contribution in [1.82, 2.24) is 0 Å². The van der Waals surface area contributed by atoms with Gasteiger partial charge in [-0.15, -0.1) is 11.3 Å². The van der Waals surface area contributed by atoms with E-state index in [-0.39, 0.29) is 5.78 Å². The molecule has 0 fully saturated rings. The van der Waals surface area contributed by atoms with Crippen LogP contribution in [0.4, 0.5) is 0 Å². The first-order valence-corrected chi connectivity index (χ1v) is 6.83. The Morgan fingerprint density at radius 3 is 2.60 bits per heavy atom. The number of fused-ring (bicyclic) bond motifs is 1. The van der Waals surface area contributed by atoms with Gasteiger partial charge in [-0.1, -0.05) is 30.3 Å². The van der Waals surface area contributed by atoms with Crippen molar-refractivity contribution in [3.05, 3.63) is 65.0 Å². The zero-order chi connectivity index (χ0) is 13.9. The molecule has 0 atom stereocenters. The van der Waals surface area contributed by atoms with Crippen LogP contribution >= 0.6 is 11.3 Å². The fraction of sp³-hybridized carbons (Fsp3) is 0. The molecule has 98 valence electrons. The molecule has 0 spiro atoms. The average Bonchev–Trinajstić information content (AvgIpc) is 2.91. The molecule has 2 aromatic carbocycles. The van der Waals surface area contributed by atoms with Gasteiger partial charge in [-0.2, -0.15) is 0 Å². The normalized spacial score (nSPS) is 10.4. The molecule has 0 N–H and O–H groups in total. The number of thiophene rings is 1. The summed E-state index contributed by atoms with van der Waals surface area (Å²) in [7, 11) is 0. The van der Waals surface area contributed by atoms with Gasteiger partial charge in [0.15, 0.2) is 0 Å². The largest absolute Gasteiger partial charge is 0.429 e. The van der Waals surface area contributed by atoms with Crippen LogP contribution in [-0.2, 0) is 4.79 Å². The molecule has 0 unspecified atom stereocenters. The minimum Gasteiger partial charge on any atom is -0.429 e. The van der Waals surface area contributed by atoms with Crippen molar-refractivity contribution in [3.63, 3.8) is 0 Å². The summed E-state index contributed by atoms with van der Waals surface area (Å²) in [6.07, 6.45) is 0. The standard InChI is InChI=1S/C16H10O3S/c17-10-19-13-7-6-12-8-15(20-14(12)9-13)16(18)11-4-2-1-3-5-11/h1-10H. The van der Waals surface area contributed by atoms with Crippen LogP contribution in [0.2, 0.25) is 0 Å². The zero-order valence-electron chi connectivity index (χ0n) is 10.4. The van der Waals surface area contributed by atoms with Gasteiger partial charge in [0, 0.05) is 10.3 Å². The maximum absolute atomic E-state index is 12.3. The van der Waals surface area contributed by atoms with Crippen LogP contribution < -0.4 is 4.74 Å². The molecule has 3 rings (SSSR count). The van der Waals surface area contributed by atoms with Gasteiger partial charge in [0.25, 0.3) is 6.47 Å². The van der Waals surface area contributed by atoms with Crippen molar-refractivity contribution in [1.29, 1.82) is 0 Å². The summed E-state index contributed by atoms with van der Waals surface area (Å²) in [4.78, 5) is 23.4. The first-order valence-electron chi connectivity index (χ1n) is 6.01. The second-order valence-corrected chi connectivity index (χ2v) is 5.30. The molecular formula is C16H10O3S. The molecule has 0 aliphatic heterocycles. The second kappa shape index (κ2) is 5.27. The third-order valence-electron chi connectivity index (χ3n) is 2.94. The van der Waals surface area contributed by atoms with Crippen molar-refractivity contribution in [2.75, 3.05) is 0 Å². The first kappa shape index (κ1) is 12.6. The van der Waals surface area contributed by atoms with Crippen molar-refractivity contribution < 1.29 is 14.3 Å². The maximum Gasteiger partial charge on any atom is 0.298 e. The average molecular weight is 282 g/mol. The number of rotatable bonds is 4. The lowest BCUT2D eigenvalue weighted by Crippen LogP contribution is -1.97. The molecule has 3 nitrogen and oxygen atoms in total. The number of benzene rings is 2. The van der Waals surface area contributed by atoms with E-state index in [0.717, 1.165) is 10.1 Å². The molecule has 0 bridgehead atoms. The quantitative estimate of drug-likeness (QED) is 0.541. The van der Waals surface area contributed by atoms with Crippen molar-refractivity contribution in [2.24, 2.45) is 0 Å². The van der Waals surface area contributed by atoms with E-state index in [1.807, 2.05) is 30.3 Å². The highest BCUT2D eigenvalue weighted by Gasteiger charge is 2.12. The van der Waals surface area contributed by atoms with Crippen LogP contribution in [0.5, 0.6) is 5.75 Å². The van der Waals surface area contributed by atoms with E-state index in [1.165, 1.54) is 11.3 Å². The SMILES string of the molecule is O=COc1ccc2cc(C(=O)c3ccccc3)sc2c1. The monoisotopic (exact) mass is 282 g/mol. The molecule has 0 saturated heterocycles. The predicted molar refractivity (Wildman–Crippen MR) is 78.4 cm³/mol. The van der Waals surface area contributed by atoms with E-state index in [9.17, 15) is 9.59 Å². The lowest BCUT2D eigenvalue weighted by atomic mass is 10.1. The van der Waals surface area contributed by atoms with Crippen molar-refractivity contribution in [3.8, 4) is 5.75 Å². The lowest BCUT2D eigenvalue weighted by molar-refractivity contribution is -0.120. The minimum atomic E-state index is 0.00431. The smallest absolute Gasteiger partial charge is 0.298 e. The zero-order valence-corrected chi connectivity index (χ0v) is 11.2. The van der Waals surface area contributed by atoms with Crippen LogP contribution in [0.25, 0.3) is 10.1 Å². The number of carbonyl (C=O) groups excluding carboxylic acids is 2. The van der Waals surface area contributed by atoms with Crippen LogP contribution in [-0.4, -0.2) is 12.3 Å². The van der Waals surface area contributed by atoms with E-state index >= 15 is 0 Å². The Morgan fingerprint density at radius 2 is 1.85 bits per heavy atom. The summed E-state index contributed by atoms with van der Waals surface area (Å²) < 4.78 is 5.73. The van der Waals surface area contributed by atoms with Gasteiger partial charge < -0.3 is 4.74 Å². The Balaban J connectivity index is 2.00. The Kier molecular flexibility index (Phi) is 3.31. The Labute approximate surface area is 119 Å². The molecule has 1 aromatic heterocycles. The number of ether oxygens (including phenoxy) is 1. The molecular weight excluding hydrogens is 272 g/mol. The van der Waals surface area contributed by atoms with Gasteiger partial charge in [-0.05, 0) is 29.7 Å². The van der Waals surface area contributed by atoms with E-state index < -0.39 is 0 Å². The summed E-state index contributed by atoms with van der Waals surface area (Å²) >= 11 is 1.39. The molecule has 0 aliphatic carbocycles. The lowest BCUT2D eigenvalue weighted by Gasteiger charge is -1.96. The van der Waals surface area contributed by atoms with Gasteiger partial charge in [0.05, 0.1) is 4.88 Å². The van der Waals surface area contributed by atoms with Crippen LogP contribution in [0.15, 0.2) is 54.6 Å². The van der Waals surface area contributed by atoms with Gasteiger partial charge in [-0.3, -0.25) is 9.59 Å². The molecule has 3 aromatic rings. The van der Waals surface area contributed by atoms with Crippen LogP contribution in [0, 0.1) is 0 Å². The van der Waals surface area contributed by atoms with Crippen molar-refractivity contribution >= 4 is 33.7 Å². The molecule has 0 saturated carbocycles. The van der Waals surface area contributed by atoms with E-state index in [2.05, 4.69) is 0 Å². The number of hydrogen-bond acceptors (Lipinski definition) is 4. The fourth-order valence-electron chi connectivity index (χ4n) is 1.98. The summed E-state index contributed by atoms with van der Waals surface area (Å²) in [6.45, 7) is 0.394. The number of ketones is 1. The first-order chi connectivity index (χ1) is 9.78. The molecule has 0 amide bonds. The number of carbonyl (C=O) groups is 2. The molecule has 1 heterocycles. The summed E-state index contributed by atoms with van der Waals surface area (Å²) in [5.74, 6) is 0.484. The molecule has 20 heavy (non-hydrogen) atoms. The summed E-state index contributed by atoms with van der Waals surface area (Å²) in [5, 5.41) is 0.965. The Hall–Kier alpha value is -2.46. The number of hydrogen-bond donors (Lipinski definition) is 0. The van der Waals surface area contributed by atoms with E-state index in [1.54, 1.807) is 24.3 Å². The van der Waals surface area contributed by atoms with Gasteiger partial charge in [-0.25, -0.2) is 0 Å². The third-order valence-corrected chi connectivity index (χ3v) is 4.03. The van der Waals surface area contributed by atoms with E-state index in [4.69, 9.17) is 4.74 Å². The minimum absolute atomic E-state index is 0.00431. The highest BCUT2D eigenvalue weighted by Crippen LogP contribution is 2.30. The Morgan fingerprint density at radius 1 is 1.05 bits per heavy atom. The third kappa shape index (κ3) is 2.33. The van der Waals surface area contributed by atoms with Crippen LogP contribution in [0.3, 0.4) is 0 Å². The Bertz CT molecular complexity index is 775. The maximum atomic E-state index is 12.3. The molecule has 4 heteroatoms. The fourth-order valence-corrected chi connectivity index (χ4v) is 3.04. The highest BCUT2D eigenvalue weighted by molar-refractivity contribution is 7.21. The second-order valence-electron chi connectivity index (χ2n) is 4.22. The summed E-state index contributed by atoms with van der Waals surface area (Å²) in [5.41, 5.74) is 0.670. The van der Waals surface area contributed by atoms with Crippen molar-refractivity contribution in [2.45, 2.75) is 0 Å². The van der Waals surface area contributed by atoms with Gasteiger partial charge >= 0.3 is 0 Å². The van der Waals surface area contributed by atoms with Gasteiger partial charge in [0.2, 0.25) is 5.78 Å². The summed E-state index contributed by atoms with van der Waals surface area (Å²) in [6, 6.07) is 16.3. The topological polar surface area (TPSA) is 43.4 Å².